The molecule has 25 heavy (non-hydrogen) atoms. The van der Waals surface area contributed by atoms with E-state index in [1.165, 1.54) is 12.1 Å². The number of anilines is 1. The van der Waals surface area contributed by atoms with E-state index >= 15 is 0 Å². The minimum absolute atomic E-state index is 0.229. The summed E-state index contributed by atoms with van der Waals surface area (Å²) >= 11 is 0. The van der Waals surface area contributed by atoms with Gasteiger partial charge in [0.1, 0.15) is 12.4 Å². The highest BCUT2D eigenvalue weighted by Crippen LogP contribution is 2.17. The zero-order valence-electron chi connectivity index (χ0n) is 14.9. The number of amides is 1. The second kappa shape index (κ2) is 8.49. The number of hydrogen-bond donors (Lipinski definition) is 0. The van der Waals surface area contributed by atoms with Gasteiger partial charge < -0.3 is 19.4 Å². The summed E-state index contributed by atoms with van der Waals surface area (Å²) in [5, 5.41) is 0. The molecular weight excluding hydrogens is 323 g/mol. The fraction of sp³-hybridized carbons (Fsp3) is 0.611. The molecule has 0 unspecified atom stereocenters. The van der Waals surface area contributed by atoms with Gasteiger partial charge in [-0.15, -0.1) is 0 Å². The number of halogens is 1. The molecule has 0 atom stereocenters. The minimum Gasteiger partial charge on any atom is -0.448 e. The van der Waals surface area contributed by atoms with Crippen LogP contribution < -0.4 is 4.90 Å². The lowest BCUT2D eigenvalue weighted by molar-refractivity contribution is 0.0779. The first-order valence-corrected chi connectivity index (χ1v) is 8.95. The Bertz CT molecular complexity index is 553. The molecule has 0 aromatic heterocycles. The number of nitrogens with zero attached hydrogens (tertiary/aromatic N) is 4. The molecule has 3 rings (SSSR count). The topological polar surface area (TPSA) is 39.3 Å². The maximum Gasteiger partial charge on any atom is 0.409 e. The normalized spacial score (nSPS) is 19.9. The van der Waals surface area contributed by atoms with Gasteiger partial charge in [-0.1, -0.05) is 0 Å². The van der Waals surface area contributed by atoms with Gasteiger partial charge in [-0.05, 0) is 31.3 Å². The minimum atomic E-state index is -0.230. The van der Waals surface area contributed by atoms with Crippen molar-refractivity contribution in [1.82, 2.24) is 14.7 Å². The molecule has 0 radical (unpaired) electrons. The zero-order valence-corrected chi connectivity index (χ0v) is 14.9. The molecule has 138 valence electrons. The van der Waals surface area contributed by atoms with Crippen molar-refractivity contribution in [3.63, 3.8) is 0 Å². The van der Waals surface area contributed by atoms with Crippen LogP contribution >= 0.6 is 0 Å². The molecule has 2 saturated heterocycles. The molecule has 2 heterocycles. The number of likely N-dealkylation sites (N-methyl/N-ethyl adjacent to an activating group) is 1. The quantitative estimate of drug-likeness (QED) is 0.819. The van der Waals surface area contributed by atoms with Gasteiger partial charge in [-0.3, -0.25) is 4.90 Å². The summed E-state index contributed by atoms with van der Waals surface area (Å²) in [5.74, 6) is -0.230. The third-order valence-electron chi connectivity index (χ3n) is 4.96. The predicted molar refractivity (Wildman–Crippen MR) is 95.5 cm³/mol. The lowest BCUT2D eigenvalue weighted by atomic mass is 10.2. The van der Waals surface area contributed by atoms with Crippen molar-refractivity contribution in [3.05, 3.63) is 30.1 Å². The molecule has 0 spiro atoms. The molecular formula is C18H27FN4O2. The summed E-state index contributed by atoms with van der Waals surface area (Å²) in [6.45, 7) is 8.18. The van der Waals surface area contributed by atoms with Crippen LogP contribution in [0.5, 0.6) is 0 Å². The van der Waals surface area contributed by atoms with Crippen molar-refractivity contribution in [3.8, 4) is 0 Å². The number of ether oxygens (including phenoxy) is 1. The first-order chi connectivity index (χ1) is 12.1. The Morgan fingerprint density at radius 2 is 1.64 bits per heavy atom. The molecule has 6 nitrogen and oxygen atoms in total. The number of piperazine rings is 2. The van der Waals surface area contributed by atoms with E-state index < -0.39 is 0 Å². The summed E-state index contributed by atoms with van der Waals surface area (Å²) in [7, 11) is 2.13. The van der Waals surface area contributed by atoms with Crippen molar-refractivity contribution in [2.24, 2.45) is 0 Å². The van der Waals surface area contributed by atoms with Gasteiger partial charge in [0.25, 0.3) is 0 Å². The van der Waals surface area contributed by atoms with Crippen molar-refractivity contribution in [2.45, 2.75) is 0 Å². The van der Waals surface area contributed by atoms with Gasteiger partial charge in [0.2, 0.25) is 0 Å². The Hall–Kier alpha value is -1.86. The van der Waals surface area contributed by atoms with Crippen molar-refractivity contribution in [1.29, 1.82) is 0 Å². The molecule has 2 aliphatic heterocycles. The van der Waals surface area contributed by atoms with Crippen LogP contribution in [-0.2, 0) is 4.74 Å². The van der Waals surface area contributed by atoms with E-state index in [1.807, 2.05) is 0 Å². The van der Waals surface area contributed by atoms with Gasteiger partial charge in [0.15, 0.2) is 0 Å². The largest absolute Gasteiger partial charge is 0.448 e. The Kier molecular flexibility index (Phi) is 6.09. The van der Waals surface area contributed by atoms with Crippen LogP contribution in [0, 0.1) is 5.82 Å². The van der Waals surface area contributed by atoms with E-state index in [-0.39, 0.29) is 11.9 Å². The molecule has 2 aliphatic rings. The SMILES string of the molecule is CN1CCN(CCOC(=O)N2CCN(c3ccc(F)cc3)CC2)CC1. The zero-order chi connectivity index (χ0) is 17.6. The number of rotatable bonds is 4. The van der Waals surface area contributed by atoms with Gasteiger partial charge in [-0.2, -0.15) is 0 Å². The van der Waals surface area contributed by atoms with E-state index in [0.717, 1.165) is 51.5 Å². The number of benzene rings is 1. The first-order valence-electron chi connectivity index (χ1n) is 8.95. The standard InChI is InChI=1S/C18H27FN4O2/c1-20-6-8-21(9-7-20)14-15-25-18(24)23-12-10-22(11-13-23)17-4-2-16(19)3-5-17/h2-5H,6-15H2,1H3. The molecule has 0 aliphatic carbocycles. The number of carbonyl (C=O) groups excluding carboxylic acids is 1. The van der Waals surface area contributed by atoms with Gasteiger partial charge >= 0.3 is 6.09 Å². The summed E-state index contributed by atoms with van der Waals surface area (Å²) < 4.78 is 18.4. The Balaban J connectivity index is 1.36. The van der Waals surface area contributed by atoms with E-state index in [4.69, 9.17) is 4.74 Å². The maximum atomic E-state index is 13.0. The second-order valence-corrected chi connectivity index (χ2v) is 6.71. The Morgan fingerprint density at radius 3 is 2.28 bits per heavy atom. The summed E-state index contributed by atoms with van der Waals surface area (Å²) in [5.41, 5.74) is 0.990. The third kappa shape index (κ3) is 5.06. The molecule has 1 aromatic rings. The smallest absolute Gasteiger partial charge is 0.409 e. The molecule has 1 amide bonds. The second-order valence-electron chi connectivity index (χ2n) is 6.71. The molecule has 0 saturated carbocycles. The average molecular weight is 350 g/mol. The fourth-order valence-corrected chi connectivity index (χ4v) is 3.22. The Morgan fingerprint density at radius 1 is 1.00 bits per heavy atom. The highest BCUT2D eigenvalue weighted by molar-refractivity contribution is 5.68. The lowest BCUT2D eigenvalue weighted by Crippen LogP contribution is -2.49. The molecule has 1 aromatic carbocycles. The van der Waals surface area contributed by atoms with Crippen LogP contribution in [0.2, 0.25) is 0 Å². The van der Waals surface area contributed by atoms with Gasteiger partial charge in [0, 0.05) is 64.6 Å². The van der Waals surface area contributed by atoms with E-state index in [1.54, 1.807) is 17.0 Å². The van der Waals surface area contributed by atoms with Crippen molar-refractivity contribution in [2.75, 3.05) is 77.5 Å². The lowest BCUT2D eigenvalue weighted by Gasteiger charge is -2.36. The molecule has 2 fully saturated rings. The average Bonchev–Trinajstić information content (AvgIpc) is 2.64. The van der Waals surface area contributed by atoms with Gasteiger partial charge in [0.05, 0.1) is 0 Å². The fourth-order valence-electron chi connectivity index (χ4n) is 3.22. The first kappa shape index (κ1) is 17.9. The number of carbonyl (C=O) groups is 1. The van der Waals surface area contributed by atoms with E-state index in [9.17, 15) is 9.18 Å². The number of hydrogen-bond acceptors (Lipinski definition) is 5. The van der Waals surface area contributed by atoms with E-state index in [0.29, 0.717) is 19.7 Å². The summed E-state index contributed by atoms with van der Waals surface area (Å²) in [4.78, 5) is 20.7. The van der Waals surface area contributed by atoms with Crippen LogP contribution in [0.4, 0.5) is 14.9 Å². The van der Waals surface area contributed by atoms with Crippen molar-refractivity contribution < 1.29 is 13.9 Å². The van der Waals surface area contributed by atoms with Crippen LogP contribution in [0.25, 0.3) is 0 Å². The molecule has 7 heteroatoms. The van der Waals surface area contributed by atoms with E-state index in [2.05, 4.69) is 21.7 Å². The van der Waals surface area contributed by atoms with Crippen LogP contribution in [-0.4, -0.2) is 93.4 Å². The van der Waals surface area contributed by atoms with Crippen LogP contribution in [0.1, 0.15) is 0 Å². The Labute approximate surface area is 148 Å². The summed E-state index contributed by atoms with van der Waals surface area (Å²) in [6.07, 6.45) is -0.229. The highest BCUT2D eigenvalue weighted by Gasteiger charge is 2.22. The third-order valence-corrected chi connectivity index (χ3v) is 4.96. The monoisotopic (exact) mass is 350 g/mol. The molecule has 0 N–H and O–H groups in total. The van der Waals surface area contributed by atoms with Crippen LogP contribution in [0.3, 0.4) is 0 Å². The van der Waals surface area contributed by atoms with Gasteiger partial charge in [-0.25, -0.2) is 9.18 Å². The van der Waals surface area contributed by atoms with Crippen molar-refractivity contribution >= 4 is 11.8 Å². The van der Waals surface area contributed by atoms with Crippen LogP contribution in [0.15, 0.2) is 24.3 Å². The predicted octanol–water partition coefficient (Wildman–Crippen LogP) is 1.33. The maximum absolute atomic E-state index is 13.0. The highest BCUT2D eigenvalue weighted by atomic mass is 19.1. The summed E-state index contributed by atoms with van der Waals surface area (Å²) in [6, 6.07) is 6.49. The molecule has 0 bridgehead atoms.